The molecule has 1 aromatic carbocycles. The average molecular weight is 404 g/mol. The van der Waals surface area contributed by atoms with E-state index < -0.39 is 0 Å². The zero-order valence-corrected chi connectivity index (χ0v) is 17.9. The maximum absolute atomic E-state index is 12.6. The van der Waals surface area contributed by atoms with Gasteiger partial charge in [-0.2, -0.15) is 0 Å². The van der Waals surface area contributed by atoms with Crippen LogP contribution in [0.5, 0.6) is 0 Å². The van der Waals surface area contributed by atoms with E-state index in [0.29, 0.717) is 26.3 Å². The summed E-state index contributed by atoms with van der Waals surface area (Å²) in [6, 6.07) is 8.39. The Morgan fingerprint density at radius 1 is 1.18 bits per heavy atom. The molecule has 1 aliphatic rings. The second-order valence-corrected chi connectivity index (χ2v) is 8.09. The van der Waals surface area contributed by atoms with Gasteiger partial charge in [-0.3, -0.25) is 4.79 Å². The Balaban J connectivity index is 1.70. The molecule has 2 aromatic rings. The Morgan fingerprint density at radius 3 is 2.43 bits per heavy atom. The van der Waals surface area contributed by atoms with E-state index in [9.17, 15) is 4.79 Å². The molecular weight excluding hydrogens is 374 g/mol. The highest BCUT2D eigenvalue weighted by Gasteiger charge is 2.25. The summed E-state index contributed by atoms with van der Waals surface area (Å²) in [5, 5.41) is 9.22. The van der Waals surface area contributed by atoms with Crippen molar-refractivity contribution in [1.82, 2.24) is 19.7 Å². The van der Waals surface area contributed by atoms with Crippen molar-refractivity contribution in [3.05, 3.63) is 24.3 Å². The third-order valence-corrected chi connectivity index (χ3v) is 6.16. The molecule has 1 fully saturated rings. The second kappa shape index (κ2) is 9.43. The summed E-state index contributed by atoms with van der Waals surface area (Å²) in [6.45, 7) is 10.7. The monoisotopic (exact) mass is 403 g/mol. The van der Waals surface area contributed by atoms with Crippen molar-refractivity contribution in [1.29, 1.82) is 0 Å². The Bertz CT molecular complexity index is 782. The Hall–Kier alpha value is -2.06. The molecule has 0 saturated carbocycles. The van der Waals surface area contributed by atoms with Crippen LogP contribution >= 0.6 is 11.8 Å². The molecule has 0 bridgehead atoms. The molecule has 0 radical (unpaired) electrons. The third-order valence-electron chi connectivity index (χ3n) is 5.04. The zero-order chi connectivity index (χ0) is 20.1. The number of hydrogen-bond donors (Lipinski definition) is 0. The minimum atomic E-state index is -0.209. The fraction of sp³-hybridized carbons (Fsp3) is 0.550. The molecule has 7 nitrogen and oxygen atoms in total. The number of hydrogen-bond acceptors (Lipinski definition) is 6. The molecule has 1 atom stereocenters. The number of ether oxygens (including phenoxy) is 1. The van der Waals surface area contributed by atoms with E-state index >= 15 is 0 Å². The lowest BCUT2D eigenvalue weighted by Gasteiger charge is -2.28. The standard InChI is InChI=1S/C20H29N5O2S/c1-5-24(6-2)17-9-7-16(8-10-17)18-21-22-20(23(18)4)28-15(3)19(26)25-11-13-27-14-12-25/h7-10,15H,5-6,11-14H2,1-4H3. The second-order valence-electron chi connectivity index (χ2n) is 6.78. The van der Waals surface area contributed by atoms with Gasteiger partial charge in [0.05, 0.1) is 18.5 Å². The van der Waals surface area contributed by atoms with Gasteiger partial charge in [0.1, 0.15) is 0 Å². The molecule has 0 aliphatic carbocycles. The molecular formula is C20H29N5O2S. The molecule has 1 aromatic heterocycles. The van der Waals surface area contributed by atoms with Gasteiger partial charge in [0.15, 0.2) is 11.0 Å². The van der Waals surface area contributed by atoms with E-state index in [1.165, 1.54) is 17.4 Å². The van der Waals surface area contributed by atoms with Crippen LogP contribution < -0.4 is 4.90 Å². The first kappa shape index (κ1) is 20.7. The maximum atomic E-state index is 12.6. The smallest absolute Gasteiger partial charge is 0.236 e. The Kier molecular flexibility index (Phi) is 6.96. The van der Waals surface area contributed by atoms with Crippen molar-refractivity contribution in [3.8, 4) is 11.4 Å². The molecule has 1 saturated heterocycles. The molecule has 2 heterocycles. The van der Waals surface area contributed by atoms with Crippen LogP contribution in [0.25, 0.3) is 11.4 Å². The van der Waals surface area contributed by atoms with Crippen molar-refractivity contribution in [2.24, 2.45) is 7.05 Å². The van der Waals surface area contributed by atoms with E-state index in [1.54, 1.807) is 0 Å². The number of carbonyl (C=O) groups excluding carboxylic acids is 1. The molecule has 0 spiro atoms. The van der Waals surface area contributed by atoms with Gasteiger partial charge in [0.25, 0.3) is 0 Å². The lowest BCUT2D eigenvalue weighted by Crippen LogP contribution is -2.44. The summed E-state index contributed by atoms with van der Waals surface area (Å²) in [6.07, 6.45) is 0. The molecule has 0 N–H and O–H groups in total. The minimum absolute atomic E-state index is 0.126. The van der Waals surface area contributed by atoms with Gasteiger partial charge in [-0.1, -0.05) is 11.8 Å². The molecule has 1 aliphatic heterocycles. The highest BCUT2D eigenvalue weighted by Crippen LogP contribution is 2.28. The number of rotatable bonds is 7. The van der Waals surface area contributed by atoms with E-state index in [-0.39, 0.29) is 11.2 Å². The van der Waals surface area contributed by atoms with Crippen LogP contribution in [0.3, 0.4) is 0 Å². The largest absolute Gasteiger partial charge is 0.378 e. The highest BCUT2D eigenvalue weighted by atomic mass is 32.2. The highest BCUT2D eigenvalue weighted by molar-refractivity contribution is 8.00. The van der Waals surface area contributed by atoms with E-state index in [1.807, 2.05) is 23.4 Å². The number of benzene rings is 1. The third kappa shape index (κ3) is 4.50. The van der Waals surface area contributed by atoms with Gasteiger partial charge in [-0.25, -0.2) is 0 Å². The van der Waals surface area contributed by atoms with Crippen LogP contribution in [0, 0.1) is 0 Å². The minimum Gasteiger partial charge on any atom is -0.378 e. The average Bonchev–Trinajstić information content (AvgIpc) is 3.09. The van der Waals surface area contributed by atoms with Crippen molar-refractivity contribution < 1.29 is 9.53 Å². The lowest BCUT2D eigenvalue weighted by atomic mass is 10.2. The molecule has 8 heteroatoms. The van der Waals surface area contributed by atoms with E-state index in [0.717, 1.165) is 29.6 Å². The summed E-state index contributed by atoms with van der Waals surface area (Å²) < 4.78 is 7.29. The predicted molar refractivity (Wildman–Crippen MR) is 113 cm³/mol. The van der Waals surface area contributed by atoms with Crippen LogP contribution in [0.15, 0.2) is 29.4 Å². The van der Waals surface area contributed by atoms with Gasteiger partial charge in [0.2, 0.25) is 5.91 Å². The van der Waals surface area contributed by atoms with Crippen molar-refractivity contribution >= 4 is 23.4 Å². The summed E-state index contributed by atoms with van der Waals surface area (Å²) in [7, 11) is 1.95. The van der Waals surface area contributed by atoms with Crippen molar-refractivity contribution in [2.45, 2.75) is 31.2 Å². The number of nitrogens with zero attached hydrogens (tertiary/aromatic N) is 5. The SMILES string of the molecule is CCN(CC)c1ccc(-c2nnc(SC(C)C(=O)N3CCOCC3)n2C)cc1. The molecule has 28 heavy (non-hydrogen) atoms. The number of morpholine rings is 1. The molecule has 3 rings (SSSR count). The number of amides is 1. The number of carbonyl (C=O) groups is 1. The van der Waals surface area contributed by atoms with Gasteiger partial charge in [-0.15, -0.1) is 10.2 Å². The summed E-state index contributed by atoms with van der Waals surface area (Å²) in [4.78, 5) is 16.8. The lowest BCUT2D eigenvalue weighted by molar-refractivity contribution is -0.134. The van der Waals surface area contributed by atoms with Gasteiger partial charge in [-0.05, 0) is 45.0 Å². The fourth-order valence-corrected chi connectivity index (χ4v) is 4.23. The van der Waals surface area contributed by atoms with Crippen LogP contribution in [0.4, 0.5) is 5.69 Å². The van der Waals surface area contributed by atoms with Gasteiger partial charge in [0, 0.05) is 44.5 Å². The van der Waals surface area contributed by atoms with E-state index in [2.05, 4.69) is 53.2 Å². The predicted octanol–water partition coefficient (Wildman–Crippen LogP) is 2.67. The maximum Gasteiger partial charge on any atom is 0.236 e. The first-order valence-electron chi connectivity index (χ1n) is 9.83. The normalized spacial score (nSPS) is 15.5. The number of aromatic nitrogens is 3. The topological polar surface area (TPSA) is 63.5 Å². The first-order valence-corrected chi connectivity index (χ1v) is 10.7. The fourth-order valence-electron chi connectivity index (χ4n) is 3.33. The Labute approximate surface area is 171 Å². The van der Waals surface area contributed by atoms with E-state index in [4.69, 9.17) is 4.74 Å². The summed E-state index contributed by atoms with van der Waals surface area (Å²) in [5.74, 6) is 0.932. The van der Waals surface area contributed by atoms with Crippen LogP contribution in [-0.2, 0) is 16.6 Å². The molecule has 1 amide bonds. The van der Waals surface area contributed by atoms with Gasteiger partial charge >= 0.3 is 0 Å². The van der Waals surface area contributed by atoms with Crippen molar-refractivity contribution in [2.75, 3.05) is 44.3 Å². The Morgan fingerprint density at radius 2 is 1.82 bits per heavy atom. The van der Waals surface area contributed by atoms with Crippen LogP contribution in [0.2, 0.25) is 0 Å². The quantitative estimate of drug-likeness (QED) is 0.663. The molecule has 1 unspecified atom stereocenters. The van der Waals surface area contributed by atoms with Crippen molar-refractivity contribution in [3.63, 3.8) is 0 Å². The summed E-state index contributed by atoms with van der Waals surface area (Å²) in [5.41, 5.74) is 2.22. The van der Waals surface area contributed by atoms with Crippen LogP contribution in [0.1, 0.15) is 20.8 Å². The first-order chi connectivity index (χ1) is 13.5. The van der Waals surface area contributed by atoms with Crippen LogP contribution in [-0.4, -0.2) is 70.2 Å². The summed E-state index contributed by atoms with van der Waals surface area (Å²) >= 11 is 1.45. The number of anilines is 1. The van der Waals surface area contributed by atoms with Gasteiger partial charge < -0.3 is 19.1 Å². The molecule has 152 valence electrons. The number of thioether (sulfide) groups is 1. The zero-order valence-electron chi connectivity index (χ0n) is 17.1.